The highest BCUT2D eigenvalue weighted by molar-refractivity contribution is 7.90. The van der Waals surface area contributed by atoms with Crippen LogP contribution in [0, 0.1) is 6.92 Å². The van der Waals surface area contributed by atoms with E-state index < -0.39 is 9.84 Å². The lowest BCUT2D eigenvalue weighted by Gasteiger charge is -2.15. The molecular weight excluding hydrogens is 376 g/mol. The molecule has 2 heterocycles. The fourth-order valence-electron chi connectivity index (χ4n) is 2.66. The predicted octanol–water partition coefficient (Wildman–Crippen LogP) is 3.65. The zero-order chi connectivity index (χ0) is 20.3. The van der Waals surface area contributed by atoms with Crippen molar-refractivity contribution in [1.29, 1.82) is 0 Å². The molecule has 0 saturated heterocycles. The number of hydrogen-bond donors (Lipinski definition) is 1. The third-order valence-electron chi connectivity index (χ3n) is 4.13. The van der Waals surface area contributed by atoms with Gasteiger partial charge in [0.1, 0.15) is 11.6 Å². The van der Waals surface area contributed by atoms with Gasteiger partial charge in [0, 0.05) is 17.8 Å². The number of pyridine rings is 1. The normalized spacial score (nSPS) is 11.6. The Bertz CT molecular complexity index is 1080. The molecule has 0 amide bonds. The molecule has 28 heavy (non-hydrogen) atoms. The first-order chi connectivity index (χ1) is 13.3. The Hall–Kier alpha value is -3.00. The van der Waals surface area contributed by atoms with Gasteiger partial charge in [0.15, 0.2) is 26.4 Å². The molecule has 0 fully saturated rings. The van der Waals surface area contributed by atoms with Crippen molar-refractivity contribution in [3.05, 3.63) is 65.7 Å². The van der Waals surface area contributed by atoms with E-state index in [0.29, 0.717) is 17.1 Å². The molecule has 3 aromatic rings. The van der Waals surface area contributed by atoms with Gasteiger partial charge in [-0.3, -0.25) is 0 Å². The van der Waals surface area contributed by atoms with Gasteiger partial charge in [0.05, 0.1) is 11.9 Å². The molecule has 2 N–H and O–H groups in total. The van der Waals surface area contributed by atoms with Gasteiger partial charge in [0.2, 0.25) is 0 Å². The molecule has 146 valence electrons. The number of hydrogen-bond acceptors (Lipinski definition) is 7. The minimum atomic E-state index is -3.64. The molecule has 8 heteroatoms. The van der Waals surface area contributed by atoms with Crippen molar-refractivity contribution in [3.63, 3.8) is 0 Å². The Labute approximate surface area is 164 Å². The predicted molar refractivity (Wildman–Crippen MR) is 107 cm³/mol. The zero-order valence-corrected chi connectivity index (χ0v) is 16.8. The van der Waals surface area contributed by atoms with Crippen molar-refractivity contribution in [2.45, 2.75) is 37.5 Å². The number of benzene rings is 1. The van der Waals surface area contributed by atoms with E-state index in [2.05, 4.69) is 15.0 Å². The second-order valence-electron chi connectivity index (χ2n) is 6.73. The first-order valence-electron chi connectivity index (χ1n) is 8.80. The van der Waals surface area contributed by atoms with Crippen LogP contribution in [0.5, 0.6) is 11.5 Å². The molecule has 0 spiro atoms. The van der Waals surface area contributed by atoms with Crippen molar-refractivity contribution >= 4 is 15.7 Å². The Kier molecular flexibility index (Phi) is 5.60. The van der Waals surface area contributed by atoms with Crippen molar-refractivity contribution < 1.29 is 13.2 Å². The molecule has 0 bridgehead atoms. The number of rotatable bonds is 6. The number of nitrogen functional groups attached to an aromatic ring is 1. The van der Waals surface area contributed by atoms with Gasteiger partial charge in [-0.05, 0) is 18.4 Å². The van der Waals surface area contributed by atoms with E-state index in [1.165, 1.54) is 18.5 Å². The van der Waals surface area contributed by atoms with E-state index in [-0.39, 0.29) is 28.3 Å². The summed E-state index contributed by atoms with van der Waals surface area (Å²) in [4.78, 5) is 12.3. The number of nitrogens with zero attached hydrogens (tertiary/aromatic N) is 3. The van der Waals surface area contributed by atoms with Crippen LogP contribution >= 0.6 is 0 Å². The molecule has 0 radical (unpaired) electrons. The summed E-state index contributed by atoms with van der Waals surface area (Å²) in [7, 11) is -3.64. The van der Waals surface area contributed by atoms with Crippen LogP contribution in [-0.4, -0.2) is 23.4 Å². The van der Waals surface area contributed by atoms with Crippen LogP contribution in [0.4, 0.5) is 5.82 Å². The molecule has 0 aliphatic carbocycles. The Morgan fingerprint density at radius 3 is 2.43 bits per heavy atom. The SMILES string of the molecule is Cc1ncc(Oc2cc(S(=O)(=O)Cc3ccccc3)ncc2C(C)C)c(N)n1. The summed E-state index contributed by atoms with van der Waals surface area (Å²) < 4.78 is 31.6. The number of anilines is 1. The summed E-state index contributed by atoms with van der Waals surface area (Å²) in [6.07, 6.45) is 3.00. The first kappa shape index (κ1) is 19.8. The van der Waals surface area contributed by atoms with Crippen LogP contribution < -0.4 is 10.5 Å². The Balaban J connectivity index is 1.99. The second kappa shape index (κ2) is 7.93. The van der Waals surface area contributed by atoms with Crippen LogP contribution in [0.25, 0.3) is 0 Å². The smallest absolute Gasteiger partial charge is 0.199 e. The van der Waals surface area contributed by atoms with Gasteiger partial charge in [-0.2, -0.15) is 0 Å². The maximum Gasteiger partial charge on any atom is 0.199 e. The van der Waals surface area contributed by atoms with Crippen molar-refractivity contribution in [2.24, 2.45) is 0 Å². The molecular formula is C20H22N4O3S. The summed E-state index contributed by atoms with van der Waals surface area (Å²) in [6.45, 7) is 5.66. The Morgan fingerprint density at radius 1 is 1.07 bits per heavy atom. The second-order valence-corrected chi connectivity index (χ2v) is 8.66. The zero-order valence-electron chi connectivity index (χ0n) is 16.0. The van der Waals surface area contributed by atoms with Gasteiger partial charge in [0.25, 0.3) is 0 Å². The molecule has 0 saturated carbocycles. The summed E-state index contributed by atoms with van der Waals surface area (Å²) in [5.74, 6) is 1.28. The van der Waals surface area contributed by atoms with Crippen LogP contribution in [-0.2, 0) is 15.6 Å². The van der Waals surface area contributed by atoms with E-state index in [1.807, 2.05) is 19.9 Å². The fourth-order valence-corrected chi connectivity index (χ4v) is 3.94. The monoisotopic (exact) mass is 398 g/mol. The molecule has 0 aliphatic heterocycles. The molecule has 0 unspecified atom stereocenters. The van der Waals surface area contributed by atoms with Crippen molar-refractivity contribution in [2.75, 3.05) is 5.73 Å². The highest BCUT2D eigenvalue weighted by Gasteiger charge is 2.21. The lowest BCUT2D eigenvalue weighted by molar-refractivity contribution is 0.466. The largest absolute Gasteiger partial charge is 0.451 e. The summed E-state index contributed by atoms with van der Waals surface area (Å²) in [5, 5.41) is -0.0534. The number of nitrogens with two attached hydrogens (primary N) is 1. The van der Waals surface area contributed by atoms with E-state index in [0.717, 1.165) is 5.56 Å². The maximum absolute atomic E-state index is 12.8. The van der Waals surface area contributed by atoms with E-state index >= 15 is 0 Å². The minimum absolute atomic E-state index is 0.0534. The van der Waals surface area contributed by atoms with Gasteiger partial charge in [-0.25, -0.2) is 23.4 Å². The fraction of sp³-hybridized carbons (Fsp3) is 0.250. The van der Waals surface area contributed by atoms with Gasteiger partial charge in [-0.15, -0.1) is 0 Å². The molecule has 2 aromatic heterocycles. The van der Waals surface area contributed by atoms with Crippen LogP contribution in [0.15, 0.2) is 53.8 Å². The van der Waals surface area contributed by atoms with Crippen molar-refractivity contribution in [1.82, 2.24) is 15.0 Å². The molecule has 1 aromatic carbocycles. The van der Waals surface area contributed by atoms with Gasteiger partial charge < -0.3 is 10.5 Å². The first-order valence-corrected chi connectivity index (χ1v) is 10.4. The third-order valence-corrected chi connectivity index (χ3v) is 5.71. The highest BCUT2D eigenvalue weighted by atomic mass is 32.2. The average Bonchev–Trinajstić information content (AvgIpc) is 2.64. The number of aryl methyl sites for hydroxylation is 1. The van der Waals surface area contributed by atoms with E-state index in [1.54, 1.807) is 31.2 Å². The molecule has 3 rings (SSSR count). The van der Waals surface area contributed by atoms with Crippen LogP contribution in [0.1, 0.15) is 36.7 Å². The summed E-state index contributed by atoms with van der Waals surface area (Å²) in [6, 6.07) is 10.4. The number of ether oxygens (including phenoxy) is 1. The molecule has 0 atom stereocenters. The quantitative estimate of drug-likeness (QED) is 0.675. The average molecular weight is 398 g/mol. The number of aromatic nitrogens is 3. The van der Waals surface area contributed by atoms with Crippen LogP contribution in [0.2, 0.25) is 0 Å². The van der Waals surface area contributed by atoms with Gasteiger partial charge in [-0.1, -0.05) is 44.2 Å². The highest BCUT2D eigenvalue weighted by Crippen LogP contribution is 2.33. The third kappa shape index (κ3) is 4.45. The van der Waals surface area contributed by atoms with Crippen LogP contribution in [0.3, 0.4) is 0 Å². The lowest BCUT2D eigenvalue weighted by atomic mass is 10.1. The standard InChI is InChI=1S/C20H22N4O3S/c1-13(2)16-10-23-19(28(25,26)12-15-7-5-4-6-8-15)9-17(16)27-18-11-22-14(3)24-20(18)21/h4-11,13H,12H2,1-3H3,(H2,21,22,24). The van der Waals surface area contributed by atoms with Gasteiger partial charge >= 0.3 is 0 Å². The number of sulfone groups is 1. The molecule has 7 nitrogen and oxygen atoms in total. The summed E-state index contributed by atoms with van der Waals surface area (Å²) >= 11 is 0. The topological polar surface area (TPSA) is 108 Å². The maximum atomic E-state index is 12.8. The van der Waals surface area contributed by atoms with Crippen molar-refractivity contribution in [3.8, 4) is 11.5 Å². The summed E-state index contributed by atoms with van der Waals surface area (Å²) in [5.41, 5.74) is 7.36. The minimum Gasteiger partial charge on any atom is -0.451 e. The lowest BCUT2D eigenvalue weighted by Crippen LogP contribution is -2.09. The van der Waals surface area contributed by atoms with E-state index in [9.17, 15) is 8.42 Å². The van der Waals surface area contributed by atoms with E-state index in [4.69, 9.17) is 10.5 Å². The molecule has 0 aliphatic rings. The Morgan fingerprint density at radius 2 is 1.79 bits per heavy atom.